The van der Waals surface area contributed by atoms with Gasteiger partial charge >= 0.3 is 6.18 Å². The number of hydrogen-bond donors (Lipinski definition) is 2. The minimum atomic E-state index is -4.56. The maximum atomic E-state index is 13.0. The molecular formula is C18H18F3N3O4. The van der Waals surface area contributed by atoms with Crippen LogP contribution in [0, 0.1) is 17.0 Å². The van der Waals surface area contributed by atoms with Crippen LogP contribution in [0.1, 0.15) is 21.5 Å². The number of nitro benzene ring substituents is 1. The van der Waals surface area contributed by atoms with Crippen LogP contribution in [0.2, 0.25) is 0 Å². The number of rotatable bonds is 7. The molecule has 1 amide bonds. The lowest BCUT2D eigenvalue weighted by atomic mass is 10.1. The summed E-state index contributed by atoms with van der Waals surface area (Å²) >= 11 is 0. The number of anilines is 2. The van der Waals surface area contributed by atoms with Gasteiger partial charge in [-0.25, -0.2) is 0 Å². The zero-order valence-electron chi connectivity index (χ0n) is 15.1. The SMILES string of the molecule is COCCNc1ccc(C(=O)Nc2ccc(C)c(C(F)(F)F)c2)cc1[N+](=O)[O-]. The topological polar surface area (TPSA) is 93.5 Å². The number of amides is 1. The molecule has 0 aromatic heterocycles. The summed E-state index contributed by atoms with van der Waals surface area (Å²) in [7, 11) is 1.48. The maximum absolute atomic E-state index is 13.0. The van der Waals surface area contributed by atoms with E-state index in [2.05, 4.69) is 10.6 Å². The number of nitro groups is 1. The Morgan fingerprint density at radius 1 is 1.21 bits per heavy atom. The lowest BCUT2D eigenvalue weighted by molar-refractivity contribution is -0.384. The van der Waals surface area contributed by atoms with Gasteiger partial charge in [0.05, 0.1) is 17.1 Å². The molecule has 150 valence electrons. The molecule has 0 bridgehead atoms. The monoisotopic (exact) mass is 397 g/mol. The van der Waals surface area contributed by atoms with Gasteiger partial charge in [-0.3, -0.25) is 14.9 Å². The molecule has 0 aliphatic heterocycles. The normalized spacial score (nSPS) is 11.2. The molecule has 0 atom stereocenters. The number of benzene rings is 2. The van der Waals surface area contributed by atoms with Gasteiger partial charge in [-0.2, -0.15) is 13.2 Å². The number of carbonyl (C=O) groups excluding carboxylic acids is 1. The van der Waals surface area contributed by atoms with Crippen molar-refractivity contribution in [3.63, 3.8) is 0 Å². The van der Waals surface area contributed by atoms with Crippen LogP contribution in [0.3, 0.4) is 0 Å². The molecule has 0 fully saturated rings. The standard InChI is InChI=1S/C18H18F3N3O4/c1-11-3-5-13(10-14(11)18(19,20)21)23-17(25)12-4-6-15(22-7-8-28-2)16(9-12)24(26)27/h3-6,9-10,22H,7-8H2,1-2H3,(H,23,25). The highest BCUT2D eigenvalue weighted by Crippen LogP contribution is 2.33. The Hall–Kier alpha value is -3.14. The van der Waals surface area contributed by atoms with Crippen LogP contribution in [0.4, 0.5) is 30.2 Å². The van der Waals surface area contributed by atoms with Crippen LogP contribution in [-0.4, -0.2) is 31.1 Å². The van der Waals surface area contributed by atoms with Crippen molar-refractivity contribution in [3.8, 4) is 0 Å². The lowest BCUT2D eigenvalue weighted by Crippen LogP contribution is -2.15. The zero-order chi connectivity index (χ0) is 20.9. The first-order valence-electron chi connectivity index (χ1n) is 8.14. The predicted molar refractivity (Wildman–Crippen MR) is 97.6 cm³/mol. The Morgan fingerprint density at radius 3 is 2.54 bits per heavy atom. The summed E-state index contributed by atoms with van der Waals surface area (Å²) in [4.78, 5) is 23.0. The molecule has 2 N–H and O–H groups in total. The molecule has 7 nitrogen and oxygen atoms in total. The van der Waals surface area contributed by atoms with Crippen LogP contribution in [0.25, 0.3) is 0 Å². The van der Waals surface area contributed by atoms with Crippen molar-refractivity contribution in [2.24, 2.45) is 0 Å². The van der Waals surface area contributed by atoms with E-state index in [0.717, 1.165) is 12.1 Å². The second kappa shape index (κ2) is 8.70. The highest BCUT2D eigenvalue weighted by Gasteiger charge is 2.32. The number of methoxy groups -OCH3 is 1. The van der Waals surface area contributed by atoms with E-state index in [9.17, 15) is 28.1 Å². The molecule has 0 aliphatic carbocycles. The molecule has 2 aromatic rings. The van der Waals surface area contributed by atoms with Gasteiger partial charge in [0.25, 0.3) is 11.6 Å². The Morgan fingerprint density at radius 2 is 1.93 bits per heavy atom. The molecule has 28 heavy (non-hydrogen) atoms. The summed E-state index contributed by atoms with van der Waals surface area (Å²) in [6, 6.07) is 7.15. The molecule has 2 aromatic carbocycles. The van der Waals surface area contributed by atoms with Gasteiger partial charge in [0.1, 0.15) is 5.69 Å². The molecule has 0 saturated heterocycles. The molecule has 0 radical (unpaired) electrons. The number of carbonyl (C=O) groups is 1. The zero-order valence-corrected chi connectivity index (χ0v) is 15.1. The van der Waals surface area contributed by atoms with Gasteiger partial charge in [0.2, 0.25) is 0 Å². The van der Waals surface area contributed by atoms with Crippen LogP contribution in [0.5, 0.6) is 0 Å². The van der Waals surface area contributed by atoms with E-state index in [0.29, 0.717) is 13.2 Å². The van der Waals surface area contributed by atoms with Crippen molar-refractivity contribution in [2.75, 3.05) is 30.9 Å². The van der Waals surface area contributed by atoms with E-state index >= 15 is 0 Å². The highest BCUT2D eigenvalue weighted by atomic mass is 19.4. The molecule has 0 aliphatic rings. The number of alkyl halides is 3. The Bertz CT molecular complexity index is 885. The van der Waals surface area contributed by atoms with E-state index < -0.39 is 22.6 Å². The maximum Gasteiger partial charge on any atom is 0.416 e. The van der Waals surface area contributed by atoms with Crippen LogP contribution >= 0.6 is 0 Å². The van der Waals surface area contributed by atoms with Gasteiger partial charge < -0.3 is 15.4 Å². The third kappa shape index (κ3) is 5.19. The second-order valence-corrected chi connectivity index (χ2v) is 5.89. The summed E-state index contributed by atoms with van der Waals surface area (Å²) in [6.45, 7) is 1.97. The first-order valence-corrected chi connectivity index (χ1v) is 8.14. The van der Waals surface area contributed by atoms with Crippen LogP contribution < -0.4 is 10.6 Å². The summed E-state index contributed by atoms with van der Waals surface area (Å²) in [5.41, 5.74) is -1.09. The fourth-order valence-electron chi connectivity index (χ4n) is 2.47. The summed E-state index contributed by atoms with van der Waals surface area (Å²) < 4.78 is 43.9. The van der Waals surface area contributed by atoms with Gasteiger partial charge in [-0.05, 0) is 36.8 Å². The van der Waals surface area contributed by atoms with E-state index in [1.54, 1.807) is 0 Å². The Labute approximate surface area is 158 Å². The number of hydrogen-bond acceptors (Lipinski definition) is 5. The van der Waals surface area contributed by atoms with E-state index in [1.807, 2.05) is 0 Å². The second-order valence-electron chi connectivity index (χ2n) is 5.89. The van der Waals surface area contributed by atoms with Crippen LogP contribution in [0.15, 0.2) is 36.4 Å². The van der Waals surface area contributed by atoms with Crippen molar-refractivity contribution in [1.82, 2.24) is 0 Å². The number of ether oxygens (including phenoxy) is 1. The fourth-order valence-corrected chi connectivity index (χ4v) is 2.47. The van der Waals surface area contributed by atoms with Crippen molar-refractivity contribution in [1.29, 1.82) is 0 Å². The first kappa shape index (κ1) is 21.2. The quantitative estimate of drug-likeness (QED) is 0.414. The minimum Gasteiger partial charge on any atom is -0.383 e. The molecule has 0 spiro atoms. The summed E-state index contributed by atoms with van der Waals surface area (Å²) in [5.74, 6) is -0.761. The van der Waals surface area contributed by atoms with Crippen molar-refractivity contribution in [2.45, 2.75) is 13.1 Å². The number of aryl methyl sites for hydroxylation is 1. The van der Waals surface area contributed by atoms with Gasteiger partial charge in [0.15, 0.2) is 0 Å². The smallest absolute Gasteiger partial charge is 0.383 e. The lowest BCUT2D eigenvalue weighted by Gasteiger charge is -2.13. The van der Waals surface area contributed by atoms with Gasteiger partial charge in [-0.1, -0.05) is 6.07 Å². The first-order chi connectivity index (χ1) is 13.1. The molecule has 10 heteroatoms. The number of nitrogens with one attached hydrogen (secondary N) is 2. The highest BCUT2D eigenvalue weighted by molar-refractivity contribution is 6.05. The van der Waals surface area contributed by atoms with E-state index in [-0.39, 0.29) is 28.2 Å². The molecule has 0 saturated carbocycles. The molecule has 0 unspecified atom stereocenters. The van der Waals surface area contributed by atoms with Crippen molar-refractivity contribution in [3.05, 3.63) is 63.2 Å². The fraction of sp³-hybridized carbons (Fsp3) is 0.278. The number of nitrogens with zero attached hydrogens (tertiary/aromatic N) is 1. The third-order valence-electron chi connectivity index (χ3n) is 3.88. The van der Waals surface area contributed by atoms with E-state index in [1.165, 1.54) is 38.3 Å². The average molecular weight is 397 g/mol. The molecular weight excluding hydrogens is 379 g/mol. The van der Waals surface area contributed by atoms with Crippen LogP contribution in [-0.2, 0) is 10.9 Å². The summed E-state index contributed by atoms with van der Waals surface area (Å²) in [6.07, 6.45) is -4.56. The van der Waals surface area contributed by atoms with Gasteiger partial charge in [-0.15, -0.1) is 0 Å². The third-order valence-corrected chi connectivity index (χ3v) is 3.88. The molecule has 0 heterocycles. The largest absolute Gasteiger partial charge is 0.416 e. The Kier molecular flexibility index (Phi) is 6.57. The molecule has 2 rings (SSSR count). The van der Waals surface area contributed by atoms with E-state index in [4.69, 9.17) is 4.74 Å². The predicted octanol–water partition coefficient (Wildman–Crippen LogP) is 4.23. The van der Waals surface area contributed by atoms with Gasteiger partial charge in [0, 0.05) is 31.0 Å². The van der Waals surface area contributed by atoms with Crippen molar-refractivity contribution < 1.29 is 27.6 Å². The minimum absolute atomic E-state index is 0.0209. The van der Waals surface area contributed by atoms with Crippen molar-refractivity contribution >= 4 is 23.0 Å². The Balaban J connectivity index is 2.25. The number of halogens is 3. The average Bonchev–Trinajstić information content (AvgIpc) is 2.62. The summed E-state index contributed by atoms with van der Waals surface area (Å²) in [5, 5.41) is 16.4.